The van der Waals surface area contributed by atoms with Gasteiger partial charge in [0.2, 0.25) is 23.7 Å². The Bertz CT molecular complexity index is 1340. The monoisotopic (exact) mass is 520 g/mol. The zero-order valence-electron chi connectivity index (χ0n) is 22.0. The summed E-state index contributed by atoms with van der Waals surface area (Å²) in [6.07, 6.45) is 7.55. The van der Waals surface area contributed by atoms with Gasteiger partial charge in [0.1, 0.15) is 11.7 Å². The molecule has 0 unspecified atom stereocenters. The van der Waals surface area contributed by atoms with Crippen molar-refractivity contribution in [2.75, 3.05) is 29.9 Å². The van der Waals surface area contributed by atoms with Crippen LogP contribution in [0.5, 0.6) is 0 Å². The number of nitrogens with two attached hydrogens (primary N) is 1. The number of aromatic nitrogens is 5. The molecule has 1 saturated carbocycles. The average molecular weight is 521 g/mol. The minimum absolute atomic E-state index is 0.0523. The van der Waals surface area contributed by atoms with E-state index in [4.69, 9.17) is 15.7 Å². The minimum atomic E-state index is -0.927. The Labute approximate surface area is 221 Å². The summed E-state index contributed by atoms with van der Waals surface area (Å²) in [6.45, 7) is 5.28. The molecule has 6 rings (SSSR count). The van der Waals surface area contributed by atoms with Crippen molar-refractivity contribution in [1.82, 2.24) is 34.8 Å². The van der Waals surface area contributed by atoms with Crippen molar-refractivity contribution >= 4 is 35.2 Å². The van der Waals surface area contributed by atoms with Crippen LogP contribution in [0.3, 0.4) is 0 Å². The van der Waals surface area contributed by atoms with Crippen LogP contribution in [-0.4, -0.2) is 78.5 Å². The molecule has 1 aliphatic carbocycles. The second-order valence-electron chi connectivity index (χ2n) is 11.4. The summed E-state index contributed by atoms with van der Waals surface area (Å²) in [5, 5.41) is 14.1. The molecule has 0 spiro atoms. The van der Waals surface area contributed by atoms with Gasteiger partial charge >= 0.3 is 0 Å². The van der Waals surface area contributed by atoms with E-state index in [1.165, 1.54) is 12.8 Å². The van der Waals surface area contributed by atoms with Gasteiger partial charge in [-0.2, -0.15) is 15.1 Å². The Morgan fingerprint density at radius 1 is 1.13 bits per heavy atom. The van der Waals surface area contributed by atoms with Crippen molar-refractivity contribution in [3.63, 3.8) is 0 Å². The van der Waals surface area contributed by atoms with Gasteiger partial charge in [-0.1, -0.05) is 0 Å². The SMILES string of the molecule is CC(C)(N)C(=O)N1CCC[C@@H](NC(=O)[C@@H]2CCCN2c2nc(Nc3cc(C4CC4)[nH]n3)n3cccc3n2)C1. The Morgan fingerprint density at radius 2 is 1.95 bits per heavy atom. The largest absolute Gasteiger partial charge is 0.350 e. The highest BCUT2D eigenvalue weighted by atomic mass is 16.2. The van der Waals surface area contributed by atoms with Crippen LogP contribution in [0.4, 0.5) is 17.7 Å². The van der Waals surface area contributed by atoms with Gasteiger partial charge in [-0.05, 0) is 64.5 Å². The van der Waals surface area contributed by atoms with Crippen molar-refractivity contribution in [2.45, 2.75) is 75.9 Å². The second kappa shape index (κ2) is 9.57. The molecule has 5 N–H and O–H groups in total. The summed E-state index contributed by atoms with van der Waals surface area (Å²) in [5.74, 6) is 2.25. The number of fused-ring (bicyclic) bond motifs is 1. The molecular formula is C26H36N10O2. The fourth-order valence-corrected chi connectivity index (χ4v) is 5.52. The Hall–Kier alpha value is -3.67. The van der Waals surface area contributed by atoms with Crippen LogP contribution in [-0.2, 0) is 9.59 Å². The van der Waals surface area contributed by atoms with Gasteiger partial charge in [0.05, 0.1) is 5.54 Å². The first-order valence-electron chi connectivity index (χ1n) is 13.6. The van der Waals surface area contributed by atoms with Crippen LogP contribution in [0.2, 0.25) is 0 Å². The van der Waals surface area contributed by atoms with E-state index in [1.807, 2.05) is 33.7 Å². The number of H-pyrrole nitrogens is 1. The van der Waals surface area contributed by atoms with Crippen LogP contribution in [0.15, 0.2) is 24.4 Å². The molecule has 2 aliphatic heterocycles. The van der Waals surface area contributed by atoms with E-state index in [0.29, 0.717) is 43.3 Å². The number of carbonyl (C=O) groups excluding carboxylic acids is 2. The van der Waals surface area contributed by atoms with Gasteiger partial charge in [-0.3, -0.25) is 19.1 Å². The second-order valence-corrected chi connectivity index (χ2v) is 11.4. The number of carbonyl (C=O) groups is 2. The Balaban J connectivity index is 1.18. The van der Waals surface area contributed by atoms with Crippen LogP contribution in [0, 0.1) is 0 Å². The highest BCUT2D eigenvalue weighted by molar-refractivity contribution is 5.87. The maximum atomic E-state index is 13.5. The summed E-state index contributed by atoms with van der Waals surface area (Å²) in [7, 11) is 0. The van der Waals surface area contributed by atoms with E-state index in [-0.39, 0.29) is 23.9 Å². The zero-order chi connectivity index (χ0) is 26.4. The molecular weight excluding hydrogens is 484 g/mol. The molecule has 12 heteroatoms. The maximum Gasteiger partial charge on any atom is 0.243 e. The maximum absolute atomic E-state index is 13.5. The van der Waals surface area contributed by atoms with E-state index in [9.17, 15) is 9.59 Å². The number of amides is 2. The fraction of sp³-hybridized carbons (Fsp3) is 0.577. The Kier molecular flexibility index (Phi) is 6.21. The number of hydrogen-bond donors (Lipinski definition) is 4. The van der Waals surface area contributed by atoms with Crippen molar-refractivity contribution in [3.8, 4) is 0 Å². The molecule has 38 heavy (non-hydrogen) atoms. The summed E-state index contributed by atoms with van der Waals surface area (Å²) in [5.41, 5.74) is 6.99. The quantitative estimate of drug-likeness (QED) is 0.369. The number of rotatable bonds is 7. The summed E-state index contributed by atoms with van der Waals surface area (Å²) in [6, 6.07) is 5.41. The van der Waals surface area contributed by atoms with Gasteiger partial charge in [0, 0.05) is 49.6 Å². The van der Waals surface area contributed by atoms with Gasteiger partial charge in [0.25, 0.3) is 0 Å². The number of nitrogens with one attached hydrogen (secondary N) is 3. The molecule has 0 aromatic carbocycles. The summed E-state index contributed by atoms with van der Waals surface area (Å²) in [4.78, 5) is 39.5. The number of anilines is 3. The van der Waals surface area contributed by atoms with Crippen LogP contribution >= 0.6 is 0 Å². The van der Waals surface area contributed by atoms with Gasteiger partial charge in [-0.25, -0.2) is 0 Å². The lowest BCUT2D eigenvalue weighted by Gasteiger charge is -2.37. The van der Waals surface area contributed by atoms with Gasteiger partial charge < -0.3 is 26.2 Å². The first-order chi connectivity index (χ1) is 18.3. The normalized spacial score (nSPS) is 22.2. The predicted molar refractivity (Wildman–Crippen MR) is 143 cm³/mol. The number of likely N-dealkylation sites (tertiary alicyclic amines) is 1. The molecule has 2 atom stereocenters. The van der Waals surface area contributed by atoms with Gasteiger partial charge in [-0.15, -0.1) is 0 Å². The van der Waals surface area contributed by atoms with Crippen LogP contribution in [0.1, 0.15) is 64.0 Å². The van der Waals surface area contributed by atoms with E-state index in [1.54, 1.807) is 18.7 Å². The third kappa shape index (κ3) is 4.92. The zero-order valence-corrected chi connectivity index (χ0v) is 22.0. The highest BCUT2D eigenvalue weighted by Gasteiger charge is 2.36. The molecule has 2 amide bonds. The minimum Gasteiger partial charge on any atom is -0.350 e. The molecule has 0 radical (unpaired) electrons. The Morgan fingerprint density at radius 3 is 2.74 bits per heavy atom. The van der Waals surface area contributed by atoms with E-state index in [2.05, 4.69) is 20.8 Å². The molecule has 3 fully saturated rings. The van der Waals surface area contributed by atoms with E-state index in [0.717, 1.165) is 37.0 Å². The molecule has 3 aromatic rings. The topological polar surface area (TPSA) is 150 Å². The molecule has 0 bridgehead atoms. The predicted octanol–water partition coefficient (Wildman–Crippen LogP) is 1.89. The molecule has 202 valence electrons. The fourth-order valence-electron chi connectivity index (χ4n) is 5.52. The van der Waals surface area contributed by atoms with Gasteiger partial charge in [0.15, 0.2) is 5.82 Å². The van der Waals surface area contributed by atoms with E-state index < -0.39 is 5.54 Å². The van der Waals surface area contributed by atoms with Crippen molar-refractivity contribution in [3.05, 3.63) is 30.1 Å². The van der Waals surface area contributed by atoms with Crippen molar-refractivity contribution < 1.29 is 9.59 Å². The lowest BCUT2D eigenvalue weighted by molar-refractivity contribution is -0.138. The number of hydrogen-bond acceptors (Lipinski definition) is 8. The summed E-state index contributed by atoms with van der Waals surface area (Å²) >= 11 is 0. The first-order valence-corrected chi connectivity index (χ1v) is 13.6. The molecule has 2 saturated heterocycles. The summed E-state index contributed by atoms with van der Waals surface area (Å²) < 4.78 is 1.88. The standard InChI is InChI=1S/C26H36N10O2/c1-26(2,27)23(38)34-11-3-6-17(15-34)28-22(37)19-7-4-12-35(19)25-30-21-8-5-13-36(21)24(31-25)29-20-14-18(32-33-20)16-9-10-16/h5,8,13-14,16-17,19H,3-4,6-7,9-12,15,27H2,1-2H3,(H,28,37)(H2,29,30,31,32,33)/t17-,19+/m1/s1. The lowest BCUT2D eigenvalue weighted by atomic mass is 10.00. The average Bonchev–Trinajstić information content (AvgIpc) is 3.25. The first kappa shape index (κ1) is 24.7. The smallest absolute Gasteiger partial charge is 0.243 e. The van der Waals surface area contributed by atoms with Crippen molar-refractivity contribution in [1.29, 1.82) is 0 Å². The molecule has 12 nitrogen and oxygen atoms in total. The number of piperidine rings is 1. The highest BCUT2D eigenvalue weighted by Crippen LogP contribution is 2.39. The number of nitrogens with zero attached hydrogens (tertiary/aromatic N) is 6. The number of aromatic amines is 1. The molecule has 3 aromatic heterocycles. The molecule has 5 heterocycles. The lowest BCUT2D eigenvalue weighted by Crippen LogP contribution is -2.58. The van der Waals surface area contributed by atoms with Crippen LogP contribution in [0.25, 0.3) is 5.65 Å². The van der Waals surface area contributed by atoms with Crippen LogP contribution < -0.4 is 21.3 Å². The van der Waals surface area contributed by atoms with Crippen molar-refractivity contribution in [2.24, 2.45) is 5.73 Å². The third-order valence-corrected chi connectivity index (χ3v) is 7.65. The van der Waals surface area contributed by atoms with E-state index >= 15 is 0 Å². The molecule has 3 aliphatic rings. The third-order valence-electron chi connectivity index (χ3n) is 7.65.